The third-order valence-corrected chi connectivity index (χ3v) is 6.74. The fourth-order valence-corrected chi connectivity index (χ4v) is 4.70. The maximum absolute atomic E-state index is 13.7. The van der Waals surface area contributed by atoms with Gasteiger partial charge in [0.1, 0.15) is 12.4 Å². The second-order valence-corrected chi connectivity index (χ2v) is 9.60. The van der Waals surface area contributed by atoms with Crippen LogP contribution < -0.4 is 21.1 Å². The molecule has 1 aliphatic carbocycles. The van der Waals surface area contributed by atoms with E-state index in [-0.39, 0.29) is 36.5 Å². The molecular weight excluding hydrogens is 503 g/mol. The molecule has 11 nitrogen and oxygen atoms in total. The lowest BCUT2D eigenvalue weighted by Crippen LogP contribution is -2.42. The van der Waals surface area contributed by atoms with Gasteiger partial charge in [-0.3, -0.25) is 14.9 Å². The molecule has 1 saturated carbocycles. The quantitative estimate of drug-likeness (QED) is 0.266. The van der Waals surface area contributed by atoms with E-state index < -0.39 is 11.9 Å². The summed E-state index contributed by atoms with van der Waals surface area (Å²) in [4.78, 5) is 30.2. The summed E-state index contributed by atoms with van der Waals surface area (Å²) in [5.74, 6) is -0.771. The number of carbonyl (C=O) groups is 2. The number of amides is 2. The van der Waals surface area contributed by atoms with Crippen molar-refractivity contribution in [3.8, 4) is 11.4 Å². The highest BCUT2D eigenvalue weighted by Gasteiger charge is 2.25. The molecule has 39 heavy (non-hydrogen) atoms. The Bertz CT molecular complexity index is 1270. The lowest BCUT2D eigenvalue weighted by atomic mass is 9.84. The molecule has 12 heteroatoms. The van der Waals surface area contributed by atoms with Gasteiger partial charge < -0.3 is 15.8 Å². The molecule has 0 radical (unpaired) electrons. The Kier molecular flexibility index (Phi) is 9.54. The minimum absolute atomic E-state index is 0.0813. The molecule has 0 unspecified atom stereocenters. The summed E-state index contributed by atoms with van der Waals surface area (Å²) in [7, 11) is 1.39. The van der Waals surface area contributed by atoms with Gasteiger partial charge in [-0.2, -0.15) is 0 Å². The fourth-order valence-electron chi connectivity index (χ4n) is 4.70. The molecule has 1 atom stereocenters. The summed E-state index contributed by atoms with van der Waals surface area (Å²) in [6.07, 6.45) is 7.59. The largest absolute Gasteiger partial charge is 0.494 e. The van der Waals surface area contributed by atoms with Crippen LogP contribution in [-0.4, -0.2) is 51.1 Å². The molecule has 2 aromatic carbocycles. The Morgan fingerprint density at radius 3 is 2.59 bits per heavy atom. The first-order chi connectivity index (χ1) is 18.9. The highest BCUT2D eigenvalue weighted by Crippen LogP contribution is 2.28. The third kappa shape index (κ3) is 8.06. The lowest BCUT2D eigenvalue weighted by molar-refractivity contribution is -0.123. The molecule has 1 aliphatic rings. The molecule has 4 rings (SSSR count). The number of halogens is 1. The third-order valence-electron chi connectivity index (χ3n) is 6.74. The van der Waals surface area contributed by atoms with E-state index in [4.69, 9.17) is 10.5 Å². The monoisotopic (exact) mass is 536 g/mol. The van der Waals surface area contributed by atoms with Gasteiger partial charge in [0.2, 0.25) is 11.8 Å². The number of nitrogens with two attached hydrogens (primary N) is 1. The zero-order chi connectivity index (χ0) is 27.6. The average molecular weight is 537 g/mol. The van der Waals surface area contributed by atoms with Gasteiger partial charge in [-0.1, -0.05) is 50.3 Å². The maximum Gasteiger partial charge on any atom is 0.245 e. The van der Waals surface area contributed by atoms with Gasteiger partial charge in [0, 0.05) is 6.54 Å². The van der Waals surface area contributed by atoms with Crippen molar-refractivity contribution < 1.29 is 18.7 Å². The van der Waals surface area contributed by atoms with Crippen LogP contribution in [-0.2, 0) is 22.6 Å². The van der Waals surface area contributed by atoms with Crippen LogP contribution in [0.1, 0.15) is 49.7 Å². The standard InChI is InChI=1S/C27H33FN8O3/c1-39-24-14-20(9-12-22(24)28)16-30-26(38)23(13-18-5-3-2-4-6-18)32-27(29)33-25(37)15-19-7-10-21(11-8-19)36-17-31-34-35-36/h7-12,14,17-18,23H,2-6,13,15-16H2,1H3,(H,30,38)(H3,29,32,33,37)/t23-/m1/s1. The molecule has 206 valence electrons. The number of hydrogen-bond donors (Lipinski definition) is 3. The minimum Gasteiger partial charge on any atom is -0.494 e. The first-order valence-electron chi connectivity index (χ1n) is 13.0. The molecule has 1 heterocycles. The topological polar surface area (TPSA) is 149 Å². The Labute approximate surface area is 226 Å². The van der Waals surface area contributed by atoms with E-state index in [1.54, 1.807) is 36.4 Å². The van der Waals surface area contributed by atoms with Gasteiger partial charge in [0.25, 0.3) is 0 Å². The van der Waals surface area contributed by atoms with E-state index in [9.17, 15) is 14.0 Å². The molecule has 1 aromatic heterocycles. The number of rotatable bonds is 10. The van der Waals surface area contributed by atoms with Gasteiger partial charge in [-0.15, -0.1) is 5.10 Å². The van der Waals surface area contributed by atoms with Crippen molar-refractivity contribution in [2.24, 2.45) is 16.6 Å². The zero-order valence-electron chi connectivity index (χ0n) is 21.8. The number of ether oxygens (including phenoxy) is 1. The summed E-state index contributed by atoms with van der Waals surface area (Å²) in [6.45, 7) is 0.180. The van der Waals surface area contributed by atoms with Crippen molar-refractivity contribution in [3.63, 3.8) is 0 Å². The van der Waals surface area contributed by atoms with Crippen LogP contribution in [0.5, 0.6) is 5.75 Å². The second-order valence-electron chi connectivity index (χ2n) is 9.60. The van der Waals surface area contributed by atoms with Crippen molar-refractivity contribution >= 4 is 17.8 Å². The summed E-state index contributed by atoms with van der Waals surface area (Å²) in [6, 6.07) is 10.9. The number of carbonyl (C=O) groups excluding carboxylic acids is 2. The van der Waals surface area contributed by atoms with Gasteiger partial charge in [0.05, 0.1) is 19.2 Å². The number of benzene rings is 2. The highest BCUT2D eigenvalue weighted by atomic mass is 19.1. The van der Waals surface area contributed by atoms with Gasteiger partial charge >= 0.3 is 0 Å². The van der Waals surface area contributed by atoms with Crippen LogP contribution in [0.3, 0.4) is 0 Å². The number of methoxy groups -OCH3 is 1. The lowest BCUT2D eigenvalue weighted by Gasteiger charge is -2.24. The van der Waals surface area contributed by atoms with Crippen molar-refractivity contribution in [2.45, 2.75) is 57.5 Å². The number of aromatic nitrogens is 4. The predicted molar refractivity (Wildman–Crippen MR) is 142 cm³/mol. The second kappa shape index (κ2) is 13.4. The van der Waals surface area contributed by atoms with Crippen LogP contribution in [0, 0.1) is 11.7 Å². The SMILES string of the molecule is COc1cc(CNC(=O)[C@@H](CC2CCCCC2)N=C(N)NC(=O)Cc2ccc(-n3cnnn3)cc2)ccc1F. The van der Waals surface area contributed by atoms with E-state index in [0.29, 0.717) is 17.9 Å². The molecule has 2 amide bonds. The number of hydrogen-bond acceptors (Lipinski definition) is 7. The maximum atomic E-state index is 13.7. The van der Waals surface area contributed by atoms with Gasteiger partial charge in [-0.05, 0) is 58.2 Å². The van der Waals surface area contributed by atoms with Crippen LogP contribution >= 0.6 is 0 Å². The number of nitrogens with one attached hydrogen (secondary N) is 2. The highest BCUT2D eigenvalue weighted by molar-refractivity contribution is 5.98. The van der Waals surface area contributed by atoms with Crippen molar-refractivity contribution in [1.29, 1.82) is 0 Å². The van der Waals surface area contributed by atoms with Crippen molar-refractivity contribution in [1.82, 2.24) is 30.8 Å². The molecule has 0 spiro atoms. The van der Waals surface area contributed by atoms with Crippen LogP contribution in [0.2, 0.25) is 0 Å². The predicted octanol–water partition coefficient (Wildman–Crippen LogP) is 2.44. The van der Waals surface area contributed by atoms with E-state index in [1.807, 2.05) is 0 Å². The van der Waals surface area contributed by atoms with Gasteiger partial charge in [-0.25, -0.2) is 14.1 Å². The van der Waals surface area contributed by atoms with Crippen molar-refractivity contribution in [3.05, 3.63) is 65.7 Å². The molecule has 0 aliphatic heterocycles. The zero-order valence-corrected chi connectivity index (χ0v) is 21.8. The number of tetrazole rings is 1. The molecule has 0 bridgehead atoms. The van der Waals surface area contributed by atoms with E-state index in [2.05, 4.69) is 31.2 Å². The first kappa shape index (κ1) is 27.7. The van der Waals surface area contributed by atoms with Crippen LogP contribution in [0.4, 0.5) is 4.39 Å². The first-order valence-corrected chi connectivity index (χ1v) is 13.0. The molecular formula is C27H33FN8O3. The van der Waals surface area contributed by atoms with Crippen LogP contribution in [0.15, 0.2) is 53.8 Å². The smallest absolute Gasteiger partial charge is 0.245 e. The number of nitrogens with zero attached hydrogens (tertiary/aromatic N) is 5. The number of guanidine groups is 1. The summed E-state index contributed by atoms with van der Waals surface area (Å²) < 4.78 is 20.3. The van der Waals surface area contributed by atoms with E-state index in [1.165, 1.54) is 30.6 Å². The summed E-state index contributed by atoms with van der Waals surface area (Å²) in [5, 5.41) is 16.5. The Morgan fingerprint density at radius 1 is 1.15 bits per heavy atom. The summed E-state index contributed by atoms with van der Waals surface area (Å²) in [5.41, 5.74) is 8.30. The minimum atomic E-state index is -0.758. The fraction of sp³-hybridized carbons (Fsp3) is 0.407. The molecule has 3 aromatic rings. The Morgan fingerprint density at radius 2 is 1.90 bits per heavy atom. The van der Waals surface area contributed by atoms with E-state index in [0.717, 1.165) is 36.9 Å². The van der Waals surface area contributed by atoms with Crippen molar-refractivity contribution in [2.75, 3.05) is 7.11 Å². The Hall–Kier alpha value is -4.35. The van der Waals surface area contributed by atoms with Crippen LogP contribution in [0.25, 0.3) is 5.69 Å². The molecule has 0 saturated heterocycles. The van der Waals surface area contributed by atoms with E-state index >= 15 is 0 Å². The molecule has 1 fully saturated rings. The Balaban J connectivity index is 1.38. The normalized spacial score (nSPS) is 15.0. The summed E-state index contributed by atoms with van der Waals surface area (Å²) >= 11 is 0. The average Bonchev–Trinajstić information content (AvgIpc) is 3.48. The molecule has 4 N–H and O–H groups in total. The van der Waals surface area contributed by atoms with Gasteiger partial charge in [0.15, 0.2) is 17.5 Å². The number of aliphatic imine (C=N–C) groups is 1.